The van der Waals surface area contributed by atoms with Crippen LogP contribution in [0.1, 0.15) is 37.3 Å². The van der Waals surface area contributed by atoms with Crippen molar-refractivity contribution in [3.8, 4) is 11.5 Å². The molecule has 3 aromatic rings. The number of carbonyl (C=O) groups is 2. The van der Waals surface area contributed by atoms with E-state index in [9.17, 15) is 9.59 Å². The Hall–Kier alpha value is -4.00. The lowest BCUT2D eigenvalue weighted by atomic mass is 10.0. The van der Waals surface area contributed by atoms with E-state index in [-0.39, 0.29) is 18.5 Å². The van der Waals surface area contributed by atoms with E-state index in [1.165, 1.54) is 5.56 Å². The van der Waals surface area contributed by atoms with Crippen LogP contribution in [0, 0.1) is 0 Å². The standard InChI is InChI=1S/C29H33N3O4/c1-21(2)23-12-10-22(11-13-23)19-31-16-7-17-32(29(31)34)26-18-24(14-15-27(26)35-3)30-28(33)20-36-25-8-5-4-6-9-25/h4-6,8-15,18,21H,7,16-17,19-20H2,1-3H3,(H,30,33). The molecule has 7 heteroatoms. The molecule has 188 valence electrons. The first-order chi connectivity index (χ1) is 17.4. The van der Waals surface area contributed by atoms with Gasteiger partial charge < -0.3 is 19.7 Å². The van der Waals surface area contributed by atoms with Gasteiger partial charge in [0.15, 0.2) is 6.61 Å². The molecule has 1 fully saturated rings. The van der Waals surface area contributed by atoms with E-state index >= 15 is 0 Å². The highest BCUT2D eigenvalue weighted by Gasteiger charge is 2.29. The molecular weight excluding hydrogens is 454 g/mol. The molecule has 0 saturated carbocycles. The number of carbonyl (C=O) groups excluding carboxylic acids is 2. The molecule has 1 aliphatic heterocycles. The van der Waals surface area contributed by atoms with Crippen molar-refractivity contribution >= 4 is 23.3 Å². The van der Waals surface area contributed by atoms with Crippen LogP contribution in [0.4, 0.5) is 16.2 Å². The molecule has 0 atom stereocenters. The first-order valence-electron chi connectivity index (χ1n) is 12.3. The van der Waals surface area contributed by atoms with Crippen LogP contribution in [0.5, 0.6) is 11.5 Å². The minimum absolute atomic E-state index is 0.0802. The molecule has 4 rings (SSSR count). The number of para-hydroxylation sites is 1. The Balaban J connectivity index is 1.45. The van der Waals surface area contributed by atoms with Crippen molar-refractivity contribution < 1.29 is 19.1 Å². The third-order valence-corrected chi connectivity index (χ3v) is 6.20. The van der Waals surface area contributed by atoms with Gasteiger partial charge >= 0.3 is 6.03 Å². The highest BCUT2D eigenvalue weighted by atomic mass is 16.5. The van der Waals surface area contributed by atoms with Crippen LogP contribution in [-0.2, 0) is 11.3 Å². The average molecular weight is 488 g/mol. The van der Waals surface area contributed by atoms with Crippen LogP contribution in [0.15, 0.2) is 72.8 Å². The van der Waals surface area contributed by atoms with E-state index in [1.54, 1.807) is 42.3 Å². The van der Waals surface area contributed by atoms with E-state index in [0.29, 0.717) is 48.4 Å². The molecule has 3 amide bonds. The predicted molar refractivity (Wildman–Crippen MR) is 142 cm³/mol. The van der Waals surface area contributed by atoms with Crippen molar-refractivity contribution in [2.45, 2.75) is 32.7 Å². The van der Waals surface area contributed by atoms with Crippen LogP contribution >= 0.6 is 0 Å². The second-order valence-corrected chi connectivity index (χ2v) is 9.14. The number of benzene rings is 3. The van der Waals surface area contributed by atoms with Gasteiger partial charge in [-0.1, -0.05) is 56.3 Å². The summed E-state index contributed by atoms with van der Waals surface area (Å²) in [6.45, 7) is 6.03. The summed E-state index contributed by atoms with van der Waals surface area (Å²) in [6.07, 6.45) is 0.834. The number of ether oxygens (including phenoxy) is 2. The lowest BCUT2D eigenvalue weighted by molar-refractivity contribution is -0.118. The molecule has 7 nitrogen and oxygen atoms in total. The van der Waals surface area contributed by atoms with Gasteiger partial charge in [0.1, 0.15) is 11.5 Å². The Morgan fingerprint density at radius 3 is 2.44 bits per heavy atom. The molecule has 0 aliphatic carbocycles. The summed E-state index contributed by atoms with van der Waals surface area (Å²) in [5.74, 6) is 1.38. The van der Waals surface area contributed by atoms with Crippen LogP contribution in [0.3, 0.4) is 0 Å². The van der Waals surface area contributed by atoms with Gasteiger partial charge in [-0.15, -0.1) is 0 Å². The molecule has 1 aliphatic rings. The van der Waals surface area contributed by atoms with E-state index in [0.717, 1.165) is 12.0 Å². The van der Waals surface area contributed by atoms with Crippen molar-refractivity contribution in [3.63, 3.8) is 0 Å². The lowest BCUT2D eigenvalue weighted by Crippen LogP contribution is -2.49. The lowest BCUT2D eigenvalue weighted by Gasteiger charge is -2.36. The summed E-state index contributed by atoms with van der Waals surface area (Å²) in [7, 11) is 1.58. The molecule has 0 spiro atoms. The number of amides is 3. The second kappa shape index (κ2) is 11.6. The Bertz CT molecular complexity index is 1180. The number of rotatable bonds is 9. The Morgan fingerprint density at radius 1 is 1.00 bits per heavy atom. The quantitative estimate of drug-likeness (QED) is 0.422. The minimum Gasteiger partial charge on any atom is -0.495 e. The molecule has 3 aromatic carbocycles. The largest absolute Gasteiger partial charge is 0.495 e. The van der Waals surface area contributed by atoms with Crippen LogP contribution in [-0.4, -0.2) is 43.6 Å². The summed E-state index contributed by atoms with van der Waals surface area (Å²) >= 11 is 0. The minimum atomic E-state index is -0.286. The summed E-state index contributed by atoms with van der Waals surface area (Å²) in [4.78, 5) is 29.5. The summed E-state index contributed by atoms with van der Waals surface area (Å²) < 4.78 is 11.1. The molecule has 0 unspecified atom stereocenters. The molecule has 0 radical (unpaired) electrons. The van der Waals surface area contributed by atoms with Crippen molar-refractivity contribution in [1.29, 1.82) is 0 Å². The molecule has 0 bridgehead atoms. The van der Waals surface area contributed by atoms with Crippen molar-refractivity contribution in [2.24, 2.45) is 0 Å². The fourth-order valence-electron chi connectivity index (χ4n) is 4.22. The average Bonchev–Trinajstić information content (AvgIpc) is 2.89. The number of urea groups is 1. The second-order valence-electron chi connectivity index (χ2n) is 9.14. The van der Waals surface area contributed by atoms with E-state index in [1.807, 2.05) is 23.1 Å². The highest BCUT2D eigenvalue weighted by molar-refractivity contribution is 5.97. The topological polar surface area (TPSA) is 71.1 Å². The summed E-state index contributed by atoms with van der Waals surface area (Å²) in [5, 5.41) is 2.85. The third kappa shape index (κ3) is 6.16. The number of hydrogen-bond donors (Lipinski definition) is 1. The first-order valence-corrected chi connectivity index (χ1v) is 12.3. The van der Waals surface area contributed by atoms with Gasteiger partial charge in [-0.05, 0) is 53.8 Å². The van der Waals surface area contributed by atoms with Gasteiger partial charge in [-0.2, -0.15) is 0 Å². The first kappa shape index (κ1) is 25.1. The Morgan fingerprint density at radius 2 is 1.75 bits per heavy atom. The van der Waals surface area contributed by atoms with Crippen LogP contribution in [0.2, 0.25) is 0 Å². The van der Waals surface area contributed by atoms with E-state index < -0.39 is 0 Å². The summed E-state index contributed by atoms with van der Waals surface area (Å²) in [5.41, 5.74) is 3.58. The Kier molecular flexibility index (Phi) is 8.10. The zero-order chi connectivity index (χ0) is 25.5. The maximum atomic E-state index is 13.5. The molecule has 0 aromatic heterocycles. The maximum Gasteiger partial charge on any atom is 0.324 e. The highest BCUT2D eigenvalue weighted by Crippen LogP contribution is 2.34. The van der Waals surface area contributed by atoms with E-state index in [2.05, 4.69) is 43.4 Å². The van der Waals surface area contributed by atoms with Gasteiger partial charge in [0.2, 0.25) is 0 Å². The van der Waals surface area contributed by atoms with Gasteiger partial charge in [0.25, 0.3) is 5.91 Å². The van der Waals surface area contributed by atoms with Gasteiger partial charge in [0.05, 0.1) is 12.8 Å². The normalized spacial score (nSPS) is 13.6. The molecule has 1 saturated heterocycles. The monoisotopic (exact) mass is 487 g/mol. The SMILES string of the molecule is COc1ccc(NC(=O)COc2ccccc2)cc1N1CCCN(Cc2ccc(C(C)C)cc2)C1=O. The number of nitrogens with one attached hydrogen (secondary N) is 1. The zero-order valence-corrected chi connectivity index (χ0v) is 21.1. The maximum absolute atomic E-state index is 13.5. The van der Waals surface area contributed by atoms with Gasteiger partial charge in [-0.25, -0.2) is 4.79 Å². The van der Waals surface area contributed by atoms with Crippen LogP contribution < -0.4 is 19.7 Å². The third-order valence-electron chi connectivity index (χ3n) is 6.20. The summed E-state index contributed by atoms with van der Waals surface area (Å²) in [6, 6.07) is 22.8. The van der Waals surface area contributed by atoms with E-state index in [4.69, 9.17) is 9.47 Å². The molecule has 1 heterocycles. The fraction of sp³-hybridized carbons (Fsp3) is 0.310. The number of methoxy groups -OCH3 is 1. The smallest absolute Gasteiger partial charge is 0.324 e. The predicted octanol–water partition coefficient (Wildman–Crippen LogP) is 5.67. The molecule has 36 heavy (non-hydrogen) atoms. The van der Waals surface area contributed by atoms with Crippen molar-refractivity contribution in [3.05, 3.63) is 83.9 Å². The van der Waals surface area contributed by atoms with Crippen LogP contribution in [0.25, 0.3) is 0 Å². The zero-order valence-electron chi connectivity index (χ0n) is 21.1. The molecule has 1 N–H and O–H groups in total. The number of nitrogens with zero attached hydrogens (tertiary/aromatic N) is 2. The van der Waals surface area contributed by atoms with Crippen molar-refractivity contribution in [1.82, 2.24) is 4.90 Å². The molecular formula is C29H33N3O4. The van der Waals surface area contributed by atoms with Gasteiger partial charge in [-0.3, -0.25) is 9.69 Å². The number of anilines is 2. The number of hydrogen-bond acceptors (Lipinski definition) is 4. The van der Waals surface area contributed by atoms with Gasteiger partial charge in [0, 0.05) is 25.3 Å². The van der Waals surface area contributed by atoms with Crippen molar-refractivity contribution in [2.75, 3.05) is 37.0 Å². The Labute approximate surface area is 212 Å². The fourth-order valence-corrected chi connectivity index (χ4v) is 4.22.